The first-order chi connectivity index (χ1) is 22.3. The molecule has 4 heteroatoms. The Kier molecular flexibility index (Phi) is 5.56. The third-order valence-electron chi connectivity index (χ3n) is 10.0. The number of carbonyl (C=O) groups is 2. The highest BCUT2D eigenvalue weighted by atomic mass is 16.2. The van der Waals surface area contributed by atoms with E-state index in [-0.39, 0.29) is 23.7 Å². The highest BCUT2D eigenvalue weighted by Gasteiger charge is 2.38. The summed E-state index contributed by atoms with van der Waals surface area (Å²) in [6.45, 7) is 8.46. The van der Waals surface area contributed by atoms with Gasteiger partial charge in [-0.15, -0.1) is 0 Å². The first-order valence-corrected chi connectivity index (χ1v) is 16.1. The fourth-order valence-electron chi connectivity index (χ4n) is 7.92. The summed E-state index contributed by atoms with van der Waals surface area (Å²) in [6, 6.07) is 35.6. The van der Waals surface area contributed by atoms with E-state index < -0.39 is 0 Å². The van der Waals surface area contributed by atoms with Gasteiger partial charge in [-0.3, -0.25) is 9.59 Å². The lowest BCUT2D eigenvalue weighted by atomic mass is 9.83. The largest absolute Gasteiger partial charge is 0.355 e. The van der Waals surface area contributed by atoms with Crippen molar-refractivity contribution in [2.75, 3.05) is 4.90 Å². The van der Waals surface area contributed by atoms with Crippen LogP contribution in [0.1, 0.15) is 71.4 Å². The second kappa shape index (κ2) is 9.51. The molecule has 8 aromatic rings. The average Bonchev–Trinajstić information content (AvgIpc) is 3.50. The molecule has 1 aromatic heterocycles. The molecule has 0 fully saturated rings. The van der Waals surface area contributed by atoms with Crippen molar-refractivity contribution in [3.05, 3.63) is 125 Å². The molecule has 0 unspecified atom stereocenters. The molecule has 0 atom stereocenters. The number of amides is 2. The molecule has 0 radical (unpaired) electrons. The van der Waals surface area contributed by atoms with Crippen LogP contribution in [0.25, 0.3) is 65.3 Å². The van der Waals surface area contributed by atoms with Crippen molar-refractivity contribution in [2.24, 2.45) is 0 Å². The molecule has 1 N–H and O–H groups in total. The van der Waals surface area contributed by atoms with Gasteiger partial charge < -0.3 is 4.98 Å². The number of aromatic amines is 1. The van der Waals surface area contributed by atoms with Crippen molar-refractivity contribution < 1.29 is 9.59 Å². The van der Waals surface area contributed by atoms with Gasteiger partial charge in [0, 0.05) is 38.7 Å². The Morgan fingerprint density at radius 1 is 0.522 bits per heavy atom. The van der Waals surface area contributed by atoms with Crippen LogP contribution in [-0.2, 0) is 0 Å². The van der Waals surface area contributed by atoms with Crippen molar-refractivity contribution in [3.63, 3.8) is 0 Å². The van der Waals surface area contributed by atoms with E-state index in [1.165, 1.54) is 21.1 Å². The number of anilines is 1. The molecule has 222 valence electrons. The number of hydrogen-bond donors (Lipinski definition) is 1. The van der Waals surface area contributed by atoms with Gasteiger partial charge in [0.05, 0.1) is 5.69 Å². The summed E-state index contributed by atoms with van der Waals surface area (Å²) in [5.74, 6) is -0.210. The first kappa shape index (κ1) is 26.9. The van der Waals surface area contributed by atoms with E-state index in [2.05, 4.69) is 105 Å². The van der Waals surface area contributed by atoms with E-state index in [1.54, 1.807) is 0 Å². The molecule has 0 saturated heterocycles. The molecule has 46 heavy (non-hydrogen) atoms. The SMILES string of the molecule is CC(C)c1cccc(C(C)C)c1N1C(=O)c2ccc3c4cccc5c(-c6cc7ccccc7[nH]6)ccc(c6ccc(c2c36)C1=O)c54. The lowest BCUT2D eigenvalue weighted by molar-refractivity contribution is 0.0893. The second-order valence-electron chi connectivity index (χ2n) is 13.3. The van der Waals surface area contributed by atoms with Crippen LogP contribution in [0, 0.1) is 0 Å². The number of nitrogens with zero attached hydrogens (tertiary/aromatic N) is 1. The van der Waals surface area contributed by atoms with Gasteiger partial charge in [-0.05, 0) is 84.9 Å². The van der Waals surface area contributed by atoms with Crippen molar-refractivity contribution in [1.29, 1.82) is 0 Å². The maximum absolute atomic E-state index is 14.5. The average molecular weight is 597 g/mol. The molecule has 0 spiro atoms. The molecule has 7 aromatic carbocycles. The zero-order valence-corrected chi connectivity index (χ0v) is 26.2. The van der Waals surface area contributed by atoms with Crippen LogP contribution in [0.4, 0.5) is 5.69 Å². The second-order valence-corrected chi connectivity index (χ2v) is 13.3. The van der Waals surface area contributed by atoms with Gasteiger partial charge in [-0.25, -0.2) is 4.90 Å². The number of benzene rings is 7. The minimum Gasteiger partial charge on any atom is -0.355 e. The molecule has 2 heterocycles. The van der Waals surface area contributed by atoms with Crippen LogP contribution in [0.15, 0.2) is 103 Å². The number of imide groups is 1. The van der Waals surface area contributed by atoms with Gasteiger partial charge in [0.2, 0.25) is 0 Å². The molecule has 0 saturated carbocycles. The van der Waals surface area contributed by atoms with Crippen LogP contribution in [0.2, 0.25) is 0 Å². The third kappa shape index (κ3) is 3.50. The summed E-state index contributed by atoms with van der Waals surface area (Å²) in [6.07, 6.45) is 0. The maximum atomic E-state index is 14.5. The minimum absolute atomic E-state index is 0.150. The fourth-order valence-corrected chi connectivity index (χ4v) is 7.92. The van der Waals surface area contributed by atoms with Gasteiger partial charge in [-0.2, -0.15) is 0 Å². The Morgan fingerprint density at radius 3 is 1.70 bits per heavy atom. The highest BCUT2D eigenvalue weighted by Crippen LogP contribution is 2.47. The Bertz CT molecular complexity index is 2460. The summed E-state index contributed by atoms with van der Waals surface area (Å²) in [4.78, 5) is 34.1. The Morgan fingerprint density at radius 2 is 1.07 bits per heavy atom. The van der Waals surface area contributed by atoms with Crippen LogP contribution in [0.3, 0.4) is 0 Å². The van der Waals surface area contributed by atoms with Gasteiger partial charge in [0.15, 0.2) is 0 Å². The number of nitrogens with one attached hydrogen (secondary N) is 1. The summed E-state index contributed by atoms with van der Waals surface area (Å²) in [7, 11) is 0. The van der Waals surface area contributed by atoms with Crippen molar-refractivity contribution >= 4 is 71.5 Å². The molecule has 2 amide bonds. The van der Waals surface area contributed by atoms with Gasteiger partial charge in [-0.1, -0.05) is 107 Å². The number of fused-ring (bicyclic) bond motifs is 3. The van der Waals surface area contributed by atoms with Crippen LogP contribution < -0.4 is 4.90 Å². The lowest BCUT2D eigenvalue weighted by Gasteiger charge is -2.32. The molecular weight excluding hydrogens is 564 g/mol. The van der Waals surface area contributed by atoms with E-state index in [4.69, 9.17) is 0 Å². The smallest absolute Gasteiger partial charge is 0.266 e. The fraction of sp³-hybridized carbons (Fsp3) is 0.143. The van der Waals surface area contributed by atoms with Gasteiger partial charge in [0.25, 0.3) is 11.8 Å². The Hall–Kier alpha value is -5.48. The molecule has 4 nitrogen and oxygen atoms in total. The summed E-state index contributed by atoms with van der Waals surface area (Å²) in [5, 5.41) is 9.65. The quantitative estimate of drug-likeness (QED) is 0.125. The van der Waals surface area contributed by atoms with E-state index in [1.807, 2.05) is 30.3 Å². The van der Waals surface area contributed by atoms with Crippen LogP contribution >= 0.6 is 0 Å². The van der Waals surface area contributed by atoms with E-state index in [0.717, 1.165) is 65.9 Å². The summed E-state index contributed by atoms with van der Waals surface area (Å²) < 4.78 is 0. The number of carbonyl (C=O) groups excluding carboxylic acids is 2. The normalized spacial score (nSPS) is 13.7. The van der Waals surface area contributed by atoms with Crippen molar-refractivity contribution in [1.82, 2.24) is 4.98 Å². The number of rotatable bonds is 4. The number of H-pyrrole nitrogens is 1. The highest BCUT2D eigenvalue weighted by molar-refractivity contribution is 6.42. The summed E-state index contributed by atoms with van der Waals surface area (Å²) in [5.41, 5.74) is 7.25. The molecule has 9 rings (SSSR count). The molecule has 1 aliphatic rings. The third-order valence-corrected chi connectivity index (χ3v) is 10.0. The monoisotopic (exact) mass is 596 g/mol. The standard InChI is InChI=1S/C42H32N2O2/c1-22(2)25-10-7-11-26(23(3)4)40(25)44-41(45)33-19-17-31-29-13-8-12-28-27(36-21-24-9-5-6-14-35(24)43-36)15-16-30(37(28)29)32-18-20-34(42(44)46)39(33)38(31)32/h5-23,43H,1-4H3. The minimum atomic E-state index is -0.255. The number of para-hydroxylation sites is 2. The summed E-state index contributed by atoms with van der Waals surface area (Å²) >= 11 is 0. The van der Waals surface area contributed by atoms with Gasteiger partial charge in [0.1, 0.15) is 0 Å². The zero-order valence-electron chi connectivity index (χ0n) is 26.2. The van der Waals surface area contributed by atoms with Crippen LogP contribution in [0.5, 0.6) is 0 Å². The maximum Gasteiger partial charge on any atom is 0.266 e. The number of hydrogen-bond acceptors (Lipinski definition) is 2. The first-order valence-electron chi connectivity index (χ1n) is 16.1. The Balaban J connectivity index is 1.31. The van der Waals surface area contributed by atoms with Crippen molar-refractivity contribution in [2.45, 2.75) is 39.5 Å². The van der Waals surface area contributed by atoms with E-state index in [0.29, 0.717) is 11.1 Å². The molecular formula is C42H32N2O2. The predicted molar refractivity (Wildman–Crippen MR) is 191 cm³/mol. The zero-order chi connectivity index (χ0) is 31.4. The Labute approximate surface area is 266 Å². The molecule has 1 aliphatic heterocycles. The molecule has 0 bridgehead atoms. The number of aromatic nitrogens is 1. The van der Waals surface area contributed by atoms with Crippen LogP contribution in [-0.4, -0.2) is 16.8 Å². The predicted octanol–water partition coefficient (Wildman–Crippen LogP) is 10.9. The molecule has 0 aliphatic carbocycles. The van der Waals surface area contributed by atoms with Crippen molar-refractivity contribution in [3.8, 4) is 11.3 Å². The van der Waals surface area contributed by atoms with E-state index in [9.17, 15) is 9.59 Å². The topological polar surface area (TPSA) is 53.2 Å². The van der Waals surface area contributed by atoms with Gasteiger partial charge >= 0.3 is 0 Å². The lowest BCUT2D eigenvalue weighted by Crippen LogP contribution is -2.41. The van der Waals surface area contributed by atoms with E-state index >= 15 is 0 Å².